The first-order chi connectivity index (χ1) is 9.08. The minimum Gasteiger partial charge on any atom is -0.279 e. The second-order valence-electron chi connectivity index (χ2n) is 4.94. The van der Waals surface area contributed by atoms with Crippen LogP contribution in [0.5, 0.6) is 0 Å². The second-order valence-corrected chi connectivity index (χ2v) is 5.35. The van der Waals surface area contributed by atoms with Gasteiger partial charge in [0, 0.05) is 0 Å². The molecule has 3 heteroatoms. The van der Waals surface area contributed by atoms with Crippen molar-refractivity contribution in [3.8, 4) is 0 Å². The highest BCUT2D eigenvalue weighted by Gasteiger charge is 2.30. The van der Waals surface area contributed by atoms with Crippen LogP contribution in [0.1, 0.15) is 16.7 Å². The first-order valence-electron chi connectivity index (χ1n) is 6.25. The van der Waals surface area contributed by atoms with Crippen molar-refractivity contribution in [2.24, 2.45) is 0 Å². The Labute approximate surface area is 117 Å². The summed E-state index contributed by atoms with van der Waals surface area (Å²) in [7, 11) is 0. The maximum atomic E-state index is 12.3. The topological polar surface area (TPSA) is 20.3 Å². The van der Waals surface area contributed by atoms with Crippen molar-refractivity contribution in [1.29, 1.82) is 0 Å². The molecule has 1 aliphatic heterocycles. The van der Waals surface area contributed by atoms with Crippen LogP contribution in [0.3, 0.4) is 0 Å². The molecule has 3 rings (SSSR count). The summed E-state index contributed by atoms with van der Waals surface area (Å²) in [5.41, 5.74) is 5.01. The second kappa shape index (κ2) is 4.39. The Morgan fingerprint density at radius 3 is 2.68 bits per heavy atom. The number of hydrogen-bond acceptors (Lipinski definition) is 1. The Bertz CT molecular complexity index is 658. The third-order valence-corrected chi connectivity index (χ3v) is 3.78. The van der Waals surface area contributed by atoms with Crippen LogP contribution in [0.2, 0.25) is 5.02 Å². The Morgan fingerprint density at radius 1 is 1.16 bits per heavy atom. The molecule has 0 aliphatic carbocycles. The number of para-hydroxylation sites is 1. The summed E-state index contributed by atoms with van der Waals surface area (Å²) < 4.78 is 0. The van der Waals surface area contributed by atoms with Crippen molar-refractivity contribution in [3.63, 3.8) is 0 Å². The Kier molecular flexibility index (Phi) is 2.83. The minimum absolute atomic E-state index is 0.0804. The monoisotopic (exact) mass is 271 g/mol. The number of carbonyl (C=O) groups excluding carboxylic acids is 1. The van der Waals surface area contributed by atoms with Gasteiger partial charge in [-0.1, -0.05) is 41.4 Å². The number of nitrogens with zero attached hydrogens (tertiary/aromatic N) is 1. The van der Waals surface area contributed by atoms with Crippen LogP contribution >= 0.6 is 11.6 Å². The van der Waals surface area contributed by atoms with Crippen LogP contribution in [0.15, 0.2) is 36.4 Å². The highest BCUT2D eigenvalue weighted by atomic mass is 35.5. The van der Waals surface area contributed by atoms with Gasteiger partial charge in [-0.15, -0.1) is 0 Å². The van der Waals surface area contributed by atoms with Crippen LogP contribution in [0.4, 0.5) is 11.4 Å². The lowest BCUT2D eigenvalue weighted by molar-refractivity contribution is -0.116. The summed E-state index contributed by atoms with van der Waals surface area (Å²) >= 11 is 6.28. The van der Waals surface area contributed by atoms with E-state index in [-0.39, 0.29) is 5.91 Å². The Morgan fingerprint density at radius 2 is 1.95 bits per heavy atom. The molecule has 0 unspecified atom stereocenters. The number of rotatable bonds is 1. The van der Waals surface area contributed by atoms with E-state index in [0.29, 0.717) is 11.4 Å². The van der Waals surface area contributed by atoms with Crippen LogP contribution in [-0.4, -0.2) is 5.91 Å². The molecule has 2 aromatic carbocycles. The molecule has 0 aromatic heterocycles. The number of benzene rings is 2. The molecule has 0 spiro atoms. The Hall–Kier alpha value is -1.80. The molecular formula is C16H14ClNO. The average molecular weight is 272 g/mol. The van der Waals surface area contributed by atoms with Gasteiger partial charge in [-0.3, -0.25) is 9.69 Å². The van der Waals surface area contributed by atoms with E-state index in [1.54, 1.807) is 4.90 Å². The highest BCUT2D eigenvalue weighted by Crippen LogP contribution is 2.40. The van der Waals surface area contributed by atoms with E-state index in [1.165, 1.54) is 5.56 Å². The van der Waals surface area contributed by atoms with E-state index in [9.17, 15) is 4.79 Å². The summed E-state index contributed by atoms with van der Waals surface area (Å²) in [6.45, 7) is 4.01. The molecule has 0 N–H and O–H groups in total. The first-order valence-corrected chi connectivity index (χ1v) is 6.63. The maximum absolute atomic E-state index is 12.3. The zero-order valence-corrected chi connectivity index (χ0v) is 11.7. The summed E-state index contributed by atoms with van der Waals surface area (Å²) in [6, 6.07) is 11.8. The van der Waals surface area contributed by atoms with Crippen molar-refractivity contribution in [1.82, 2.24) is 0 Å². The summed E-state index contributed by atoms with van der Waals surface area (Å²) in [4.78, 5) is 14.1. The number of aryl methyl sites for hydroxylation is 2. The molecule has 1 heterocycles. The van der Waals surface area contributed by atoms with E-state index in [0.717, 1.165) is 22.5 Å². The van der Waals surface area contributed by atoms with E-state index >= 15 is 0 Å². The van der Waals surface area contributed by atoms with E-state index in [4.69, 9.17) is 11.6 Å². The van der Waals surface area contributed by atoms with Gasteiger partial charge in [0.1, 0.15) is 0 Å². The molecule has 19 heavy (non-hydrogen) atoms. The molecule has 2 nitrogen and oxygen atoms in total. The van der Waals surface area contributed by atoms with Gasteiger partial charge in [0.25, 0.3) is 0 Å². The maximum Gasteiger partial charge on any atom is 0.236 e. The number of amides is 1. The molecule has 2 aromatic rings. The zero-order valence-electron chi connectivity index (χ0n) is 10.9. The van der Waals surface area contributed by atoms with Crippen LogP contribution in [-0.2, 0) is 11.2 Å². The molecule has 1 amide bonds. The lowest BCUT2D eigenvalue weighted by atomic mass is 10.1. The quantitative estimate of drug-likeness (QED) is 0.762. The van der Waals surface area contributed by atoms with E-state index < -0.39 is 0 Å². The first kappa shape index (κ1) is 12.2. The van der Waals surface area contributed by atoms with Crippen molar-refractivity contribution >= 4 is 28.9 Å². The molecule has 0 atom stereocenters. The fraction of sp³-hybridized carbons (Fsp3) is 0.188. The zero-order chi connectivity index (χ0) is 13.6. The number of fused-ring (bicyclic) bond motifs is 1. The van der Waals surface area contributed by atoms with Crippen molar-refractivity contribution in [2.45, 2.75) is 20.3 Å². The van der Waals surface area contributed by atoms with E-state index in [1.807, 2.05) is 44.2 Å². The predicted octanol–water partition coefficient (Wildman–Crippen LogP) is 4.18. The van der Waals surface area contributed by atoms with Crippen LogP contribution in [0, 0.1) is 13.8 Å². The normalized spacial score (nSPS) is 13.8. The largest absolute Gasteiger partial charge is 0.279 e. The lowest BCUT2D eigenvalue weighted by Crippen LogP contribution is -2.22. The van der Waals surface area contributed by atoms with Crippen molar-refractivity contribution in [2.75, 3.05) is 4.90 Å². The number of anilines is 2. The number of halogens is 1. The lowest BCUT2D eigenvalue weighted by Gasteiger charge is -2.21. The van der Waals surface area contributed by atoms with Gasteiger partial charge in [0.05, 0.1) is 22.8 Å². The summed E-state index contributed by atoms with van der Waals surface area (Å²) in [5.74, 6) is 0.0804. The minimum atomic E-state index is 0.0804. The summed E-state index contributed by atoms with van der Waals surface area (Å²) in [6.07, 6.45) is 0.446. The molecule has 1 aliphatic rings. The van der Waals surface area contributed by atoms with Gasteiger partial charge in [-0.2, -0.15) is 0 Å². The fourth-order valence-electron chi connectivity index (χ4n) is 2.60. The van der Waals surface area contributed by atoms with Gasteiger partial charge in [-0.25, -0.2) is 0 Å². The molecule has 0 fully saturated rings. The van der Waals surface area contributed by atoms with Gasteiger partial charge in [0.2, 0.25) is 5.91 Å². The number of hydrogen-bond donors (Lipinski definition) is 0. The number of carbonyl (C=O) groups is 1. The smallest absolute Gasteiger partial charge is 0.236 e. The fourth-order valence-corrected chi connectivity index (χ4v) is 2.91. The predicted molar refractivity (Wildman–Crippen MR) is 78.2 cm³/mol. The average Bonchev–Trinajstić information content (AvgIpc) is 2.65. The Balaban J connectivity index is 2.20. The van der Waals surface area contributed by atoms with Crippen LogP contribution in [0.25, 0.3) is 0 Å². The summed E-state index contributed by atoms with van der Waals surface area (Å²) in [5, 5.41) is 0.613. The molecule has 0 bridgehead atoms. The SMILES string of the molecule is Cc1ccc2c(c1)CC(=O)N2c1c(C)cccc1Cl. The molecule has 0 saturated carbocycles. The van der Waals surface area contributed by atoms with Crippen molar-refractivity contribution in [3.05, 3.63) is 58.1 Å². The van der Waals surface area contributed by atoms with Gasteiger partial charge in [0.15, 0.2) is 0 Å². The molecule has 0 saturated heterocycles. The standard InChI is InChI=1S/C16H14ClNO/c1-10-6-7-14-12(8-10)9-15(19)18(14)16-11(2)4-3-5-13(16)17/h3-8H,9H2,1-2H3. The van der Waals surface area contributed by atoms with Gasteiger partial charge >= 0.3 is 0 Å². The highest BCUT2D eigenvalue weighted by molar-refractivity contribution is 6.34. The third-order valence-electron chi connectivity index (χ3n) is 3.48. The molecule has 96 valence electrons. The molecular weight excluding hydrogens is 258 g/mol. The van der Waals surface area contributed by atoms with E-state index in [2.05, 4.69) is 6.07 Å². The third kappa shape index (κ3) is 1.92. The van der Waals surface area contributed by atoms with Crippen LogP contribution < -0.4 is 4.90 Å². The molecule has 0 radical (unpaired) electrons. The van der Waals surface area contributed by atoms with Crippen molar-refractivity contribution < 1.29 is 4.79 Å². The van der Waals surface area contributed by atoms with Gasteiger partial charge in [-0.05, 0) is 37.1 Å². The van der Waals surface area contributed by atoms with Gasteiger partial charge < -0.3 is 0 Å².